The lowest BCUT2D eigenvalue weighted by Crippen LogP contribution is -2.33. The molecule has 0 radical (unpaired) electrons. The number of carbonyl (C=O) groups excluding carboxylic acids is 2. The predicted molar refractivity (Wildman–Crippen MR) is 104 cm³/mol. The summed E-state index contributed by atoms with van der Waals surface area (Å²) < 4.78 is 7.69. The molecule has 1 saturated heterocycles. The fourth-order valence-corrected chi connectivity index (χ4v) is 3.81. The van der Waals surface area contributed by atoms with Crippen molar-refractivity contribution in [1.82, 2.24) is 19.7 Å². The maximum absolute atomic E-state index is 12.5. The average Bonchev–Trinajstić information content (AvgIpc) is 3.26. The summed E-state index contributed by atoms with van der Waals surface area (Å²) in [6, 6.07) is 0. The molecule has 0 bridgehead atoms. The minimum absolute atomic E-state index is 0.0378. The van der Waals surface area contributed by atoms with Crippen LogP contribution in [0.3, 0.4) is 0 Å². The summed E-state index contributed by atoms with van der Waals surface area (Å²) in [5, 5.41) is 9.12. The molecule has 9 heteroatoms. The van der Waals surface area contributed by atoms with Gasteiger partial charge in [-0.15, -0.1) is 10.2 Å². The highest BCUT2D eigenvalue weighted by Gasteiger charge is 2.22. The SMILES string of the molecule is C=C(C)CN(CC)C(=O)CSc1nnc(CCC(N)=O)n1C[C@H]1CCCO1. The Bertz CT molecular complexity index is 670. The Labute approximate surface area is 164 Å². The van der Waals surface area contributed by atoms with Gasteiger partial charge < -0.3 is 19.9 Å². The third-order valence-electron chi connectivity index (χ3n) is 4.32. The first kappa shape index (κ1) is 21.4. The molecule has 0 saturated carbocycles. The zero-order chi connectivity index (χ0) is 19.8. The van der Waals surface area contributed by atoms with Crippen molar-refractivity contribution in [2.24, 2.45) is 5.73 Å². The lowest BCUT2D eigenvalue weighted by Gasteiger charge is -2.21. The Kier molecular flexibility index (Phi) is 8.30. The van der Waals surface area contributed by atoms with Gasteiger partial charge in [-0.2, -0.15) is 0 Å². The van der Waals surface area contributed by atoms with Gasteiger partial charge in [0, 0.05) is 32.5 Å². The van der Waals surface area contributed by atoms with Crippen LogP contribution in [0.2, 0.25) is 0 Å². The Morgan fingerprint density at radius 2 is 2.22 bits per heavy atom. The van der Waals surface area contributed by atoms with E-state index in [9.17, 15) is 9.59 Å². The molecular formula is C18H29N5O3S. The topological polar surface area (TPSA) is 103 Å². The van der Waals surface area contributed by atoms with Gasteiger partial charge in [-0.25, -0.2) is 0 Å². The molecule has 2 heterocycles. The van der Waals surface area contributed by atoms with Crippen LogP contribution < -0.4 is 5.73 Å². The summed E-state index contributed by atoms with van der Waals surface area (Å²) in [7, 11) is 0. The number of aromatic nitrogens is 3. The molecule has 1 fully saturated rings. The molecule has 0 aliphatic carbocycles. The zero-order valence-electron chi connectivity index (χ0n) is 16.1. The fraction of sp³-hybridized carbons (Fsp3) is 0.667. The predicted octanol–water partition coefficient (Wildman–Crippen LogP) is 1.39. The Hall–Kier alpha value is -1.87. The Morgan fingerprint density at radius 1 is 1.44 bits per heavy atom. The molecule has 150 valence electrons. The van der Waals surface area contributed by atoms with Crippen LogP contribution in [-0.4, -0.2) is 63.0 Å². The molecule has 27 heavy (non-hydrogen) atoms. The van der Waals surface area contributed by atoms with Crippen LogP contribution in [0.15, 0.2) is 17.3 Å². The lowest BCUT2D eigenvalue weighted by atomic mass is 10.2. The zero-order valence-corrected chi connectivity index (χ0v) is 17.0. The van der Waals surface area contributed by atoms with Gasteiger partial charge in [0.05, 0.1) is 18.4 Å². The van der Waals surface area contributed by atoms with Crippen LogP contribution in [0.1, 0.15) is 38.9 Å². The number of thioether (sulfide) groups is 1. The van der Waals surface area contributed by atoms with E-state index in [0.29, 0.717) is 37.0 Å². The first-order valence-corrected chi connectivity index (χ1v) is 10.3. The molecule has 1 aromatic rings. The maximum atomic E-state index is 12.5. The Balaban J connectivity index is 2.06. The number of ether oxygens (including phenoxy) is 1. The summed E-state index contributed by atoms with van der Waals surface area (Å²) in [6.45, 7) is 10.3. The van der Waals surface area contributed by atoms with Gasteiger partial charge >= 0.3 is 0 Å². The largest absolute Gasteiger partial charge is 0.376 e. The highest BCUT2D eigenvalue weighted by atomic mass is 32.2. The fourth-order valence-electron chi connectivity index (χ4n) is 2.94. The molecule has 0 aromatic carbocycles. The third-order valence-corrected chi connectivity index (χ3v) is 5.27. The molecule has 2 N–H and O–H groups in total. The maximum Gasteiger partial charge on any atom is 0.233 e. The molecule has 1 aliphatic heterocycles. The molecule has 0 spiro atoms. The number of rotatable bonds is 11. The Morgan fingerprint density at radius 3 is 2.81 bits per heavy atom. The number of likely N-dealkylation sites (N-methyl/N-ethyl adjacent to an activating group) is 1. The molecule has 2 rings (SSSR count). The van der Waals surface area contributed by atoms with Crippen molar-refractivity contribution >= 4 is 23.6 Å². The minimum atomic E-state index is -0.371. The van der Waals surface area contributed by atoms with Gasteiger partial charge in [0.1, 0.15) is 5.82 Å². The molecular weight excluding hydrogens is 366 g/mol. The summed E-state index contributed by atoms with van der Waals surface area (Å²) in [5.74, 6) is 0.648. The minimum Gasteiger partial charge on any atom is -0.376 e. The number of nitrogens with zero attached hydrogens (tertiary/aromatic N) is 4. The van der Waals surface area contributed by atoms with Gasteiger partial charge in [0.15, 0.2) is 5.16 Å². The van der Waals surface area contributed by atoms with Crippen LogP contribution in [0.5, 0.6) is 0 Å². The molecule has 1 atom stereocenters. The van der Waals surface area contributed by atoms with E-state index in [1.165, 1.54) is 11.8 Å². The van der Waals surface area contributed by atoms with Crippen molar-refractivity contribution in [1.29, 1.82) is 0 Å². The van der Waals surface area contributed by atoms with E-state index in [1.54, 1.807) is 4.90 Å². The number of aryl methyl sites for hydroxylation is 1. The molecule has 1 aromatic heterocycles. The molecule has 2 amide bonds. The molecule has 1 aliphatic rings. The monoisotopic (exact) mass is 395 g/mol. The van der Waals surface area contributed by atoms with Gasteiger partial charge in [-0.05, 0) is 26.7 Å². The van der Waals surface area contributed by atoms with Crippen LogP contribution in [0.25, 0.3) is 0 Å². The number of primary amides is 1. The van der Waals surface area contributed by atoms with Gasteiger partial charge in [-0.3, -0.25) is 9.59 Å². The quantitative estimate of drug-likeness (QED) is 0.449. The van der Waals surface area contributed by atoms with E-state index in [2.05, 4.69) is 16.8 Å². The second-order valence-corrected chi connectivity index (χ2v) is 7.71. The number of amides is 2. The van der Waals surface area contributed by atoms with Crippen molar-refractivity contribution in [2.75, 3.05) is 25.4 Å². The summed E-state index contributed by atoms with van der Waals surface area (Å²) >= 11 is 1.36. The van der Waals surface area contributed by atoms with E-state index in [-0.39, 0.29) is 30.1 Å². The third kappa shape index (κ3) is 6.66. The molecule has 8 nitrogen and oxygen atoms in total. The van der Waals surface area contributed by atoms with Crippen molar-refractivity contribution in [3.05, 3.63) is 18.0 Å². The summed E-state index contributed by atoms with van der Waals surface area (Å²) in [6.07, 6.45) is 2.78. The normalized spacial score (nSPS) is 16.4. The summed E-state index contributed by atoms with van der Waals surface area (Å²) in [5.41, 5.74) is 6.21. The number of carbonyl (C=O) groups is 2. The smallest absolute Gasteiger partial charge is 0.233 e. The van der Waals surface area contributed by atoms with Gasteiger partial charge in [0.25, 0.3) is 0 Å². The average molecular weight is 396 g/mol. The number of nitrogens with two attached hydrogens (primary N) is 1. The summed E-state index contributed by atoms with van der Waals surface area (Å²) in [4.78, 5) is 25.4. The second kappa shape index (κ2) is 10.5. The van der Waals surface area contributed by atoms with E-state index < -0.39 is 0 Å². The van der Waals surface area contributed by atoms with Gasteiger partial charge in [-0.1, -0.05) is 23.9 Å². The van der Waals surface area contributed by atoms with E-state index >= 15 is 0 Å². The van der Waals surface area contributed by atoms with Crippen molar-refractivity contribution in [2.45, 2.75) is 57.3 Å². The molecule has 0 unspecified atom stereocenters. The van der Waals surface area contributed by atoms with Crippen molar-refractivity contribution in [3.63, 3.8) is 0 Å². The van der Waals surface area contributed by atoms with Crippen LogP contribution >= 0.6 is 11.8 Å². The standard InChI is InChI=1S/C18H29N5O3S/c1-4-22(10-13(2)3)17(25)12-27-18-21-20-16(8-7-15(19)24)23(18)11-14-6-5-9-26-14/h14H,2,4-12H2,1,3H3,(H2,19,24)/t14-/m1/s1. The van der Waals surface area contributed by atoms with Crippen LogP contribution in [0.4, 0.5) is 0 Å². The van der Waals surface area contributed by atoms with Crippen molar-refractivity contribution < 1.29 is 14.3 Å². The second-order valence-electron chi connectivity index (χ2n) is 6.76. The number of hydrogen-bond donors (Lipinski definition) is 1. The lowest BCUT2D eigenvalue weighted by molar-refractivity contribution is -0.127. The van der Waals surface area contributed by atoms with Crippen LogP contribution in [0, 0.1) is 0 Å². The highest BCUT2D eigenvalue weighted by Crippen LogP contribution is 2.22. The van der Waals surface area contributed by atoms with E-state index in [1.807, 2.05) is 18.4 Å². The van der Waals surface area contributed by atoms with E-state index in [4.69, 9.17) is 10.5 Å². The van der Waals surface area contributed by atoms with Gasteiger partial charge in [0.2, 0.25) is 11.8 Å². The number of hydrogen-bond acceptors (Lipinski definition) is 6. The first-order chi connectivity index (χ1) is 12.9. The van der Waals surface area contributed by atoms with Crippen LogP contribution in [-0.2, 0) is 27.3 Å². The first-order valence-electron chi connectivity index (χ1n) is 9.27. The highest BCUT2D eigenvalue weighted by molar-refractivity contribution is 7.99. The van der Waals surface area contributed by atoms with Crippen molar-refractivity contribution in [3.8, 4) is 0 Å². The van der Waals surface area contributed by atoms with E-state index in [0.717, 1.165) is 25.0 Å².